The quantitative estimate of drug-likeness (QED) is 0.0987. The predicted molar refractivity (Wildman–Crippen MR) is 264 cm³/mol. The summed E-state index contributed by atoms with van der Waals surface area (Å²) in [6.07, 6.45) is 7.14. The molecule has 4 heteroatoms. The summed E-state index contributed by atoms with van der Waals surface area (Å²) in [4.78, 5) is 4.36. The van der Waals surface area contributed by atoms with Crippen LogP contribution in [0.5, 0.6) is 0 Å². The molecular weight excluding hydrogens is 811 g/mol. The molecule has 62 heavy (non-hydrogen) atoms. The smallest absolute Gasteiger partial charge is 0.261 e. The standard InChI is InChI=1S/C24H20B.C18H15P.C16H14N.Ni/c1-5-13-21(14-6-1)25(22-15-7-2-8-16-22,23-17-9-3-10-18-23)24-19-11-4-12-20-24;1-4-10-16(11-5-1)19(17-12-6-2-7-13-17)18-14-8-3-9-15-18;1-2-7-16-13(5-1)8-9-14(16)10-11-15-6-3-4-12-17-15;/h1-20H;1-15H;1-9,12H,10-11H2;/q-1;;;+2. The summed E-state index contributed by atoms with van der Waals surface area (Å²) >= 11 is 0. The Morgan fingerprint density at radius 2 is 0.694 bits per heavy atom. The minimum absolute atomic E-state index is 0. The van der Waals surface area contributed by atoms with Gasteiger partial charge in [-0.3, -0.25) is 4.98 Å². The Kier molecular flexibility index (Phi) is 16.1. The van der Waals surface area contributed by atoms with Gasteiger partial charge in [-0.15, -0.1) is 0 Å². The van der Waals surface area contributed by atoms with E-state index in [2.05, 4.69) is 260 Å². The fraction of sp³-hybridized carbons (Fsp3) is 0.0345. The normalized spacial score (nSPS) is 11.8. The molecule has 10 rings (SSSR count). The summed E-state index contributed by atoms with van der Waals surface area (Å²) in [5.74, 6) is 1.42. The van der Waals surface area contributed by atoms with E-state index >= 15 is 0 Å². The van der Waals surface area contributed by atoms with Crippen molar-refractivity contribution in [3.63, 3.8) is 0 Å². The summed E-state index contributed by atoms with van der Waals surface area (Å²) in [5, 5.41) is 4.19. The second-order valence-electron chi connectivity index (χ2n) is 15.1. The average molecular weight is 861 g/mol. The van der Waals surface area contributed by atoms with Gasteiger partial charge in [-0.05, 0) is 72.8 Å². The van der Waals surface area contributed by atoms with Gasteiger partial charge >= 0.3 is 16.5 Å². The Hall–Kier alpha value is -6.10. The van der Waals surface area contributed by atoms with E-state index in [9.17, 15) is 0 Å². The van der Waals surface area contributed by atoms with Gasteiger partial charge in [-0.25, -0.2) is 0 Å². The van der Waals surface area contributed by atoms with Crippen molar-refractivity contribution in [2.75, 3.05) is 0 Å². The van der Waals surface area contributed by atoms with Gasteiger partial charge in [0.15, 0.2) is 0 Å². The molecule has 1 nitrogen and oxygen atoms in total. The molecule has 8 aromatic carbocycles. The van der Waals surface area contributed by atoms with Crippen molar-refractivity contribution in [2.45, 2.75) is 12.8 Å². The van der Waals surface area contributed by atoms with Gasteiger partial charge in [-0.2, -0.15) is 21.9 Å². The molecule has 0 amide bonds. The Labute approximate surface area is 380 Å². The maximum Gasteiger partial charge on any atom is 2.00 e. The number of rotatable bonds is 10. The van der Waals surface area contributed by atoms with Crippen LogP contribution in [0.1, 0.15) is 23.2 Å². The number of nitrogens with zero attached hydrogens (tertiary/aromatic N) is 1. The third-order valence-corrected chi connectivity index (χ3v) is 13.8. The Morgan fingerprint density at radius 3 is 1.08 bits per heavy atom. The zero-order valence-corrected chi connectivity index (χ0v) is 36.6. The van der Waals surface area contributed by atoms with Gasteiger partial charge in [0, 0.05) is 17.8 Å². The van der Waals surface area contributed by atoms with E-state index in [1.54, 1.807) is 0 Å². The van der Waals surface area contributed by atoms with Crippen LogP contribution in [-0.4, -0.2) is 11.1 Å². The Balaban J connectivity index is 0.000000142. The van der Waals surface area contributed by atoms with Crippen molar-refractivity contribution >= 4 is 51.8 Å². The van der Waals surface area contributed by atoms with Crippen LogP contribution in [0, 0.1) is 18.8 Å². The molecule has 0 N–H and O–H groups in total. The van der Waals surface area contributed by atoms with Gasteiger partial charge in [-0.1, -0.05) is 243 Å². The summed E-state index contributed by atoms with van der Waals surface area (Å²) < 4.78 is 0. The minimum Gasteiger partial charge on any atom is -0.261 e. The second kappa shape index (κ2) is 22.7. The molecule has 0 saturated heterocycles. The zero-order valence-electron chi connectivity index (χ0n) is 34.7. The Morgan fingerprint density at radius 1 is 0.339 bits per heavy atom. The number of aromatic nitrogens is 1. The molecule has 0 fully saturated rings. The summed E-state index contributed by atoms with van der Waals surface area (Å²) in [7, 11) is -0.446. The van der Waals surface area contributed by atoms with E-state index < -0.39 is 14.1 Å². The van der Waals surface area contributed by atoms with Crippen LogP contribution in [0.25, 0.3) is 0 Å². The third-order valence-electron chi connectivity index (χ3n) is 11.4. The molecule has 0 unspecified atom stereocenters. The molecule has 303 valence electrons. The second-order valence-corrected chi connectivity index (χ2v) is 17.3. The maximum absolute atomic E-state index is 4.36. The van der Waals surface area contributed by atoms with E-state index in [1.807, 2.05) is 18.3 Å². The van der Waals surface area contributed by atoms with Crippen molar-refractivity contribution in [3.8, 4) is 0 Å². The monoisotopic (exact) mass is 859 g/mol. The van der Waals surface area contributed by atoms with Crippen molar-refractivity contribution in [1.29, 1.82) is 0 Å². The van der Waals surface area contributed by atoms with Crippen LogP contribution in [0.2, 0.25) is 0 Å². The van der Waals surface area contributed by atoms with Crippen molar-refractivity contribution < 1.29 is 16.5 Å². The molecule has 1 aromatic heterocycles. The number of aryl methyl sites for hydroxylation is 1. The van der Waals surface area contributed by atoms with Gasteiger partial charge in [0.1, 0.15) is 6.15 Å². The number of benzene rings is 8. The first-order chi connectivity index (χ1) is 30.3. The topological polar surface area (TPSA) is 12.9 Å². The summed E-state index contributed by atoms with van der Waals surface area (Å²) in [6.45, 7) is 0. The van der Waals surface area contributed by atoms with E-state index in [1.165, 1.54) is 54.8 Å². The average Bonchev–Trinajstić information content (AvgIpc) is 3.77. The zero-order chi connectivity index (χ0) is 41.4. The van der Waals surface area contributed by atoms with Crippen molar-refractivity contribution in [1.82, 2.24) is 4.98 Å². The molecule has 0 bridgehead atoms. The van der Waals surface area contributed by atoms with Crippen molar-refractivity contribution in [2.24, 2.45) is 0 Å². The molecule has 3 radical (unpaired) electrons. The SMILES string of the molecule is [CH]1[CH]c2ccccc2[C]1CCc1ccccn1.[Ni+2].c1ccc(P(c2ccccc2)c2ccccc2)cc1.c1ccc([B-](c2ccccc2)(c2ccccc2)c2ccccc2)cc1. The Bertz CT molecular complexity index is 2360. The van der Waals surface area contributed by atoms with Crippen LogP contribution in [0.4, 0.5) is 0 Å². The molecule has 0 atom stereocenters. The van der Waals surface area contributed by atoms with Crippen LogP contribution >= 0.6 is 7.92 Å². The van der Waals surface area contributed by atoms with Crippen LogP contribution in [0.3, 0.4) is 0 Å². The summed E-state index contributed by atoms with van der Waals surface area (Å²) in [6, 6.07) is 90.5. The van der Waals surface area contributed by atoms with Crippen LogP contribution < -0.4 is 37.8 Å². The van der Waals surface area contributed by atoms with Gasteiger partial charge in [0.05, 0.1) is 0 Å². The third kappa shape index (κ3) is 10.7. The van der Waals surface area contributed by atoms with Crippen LogP contribution in [-0.2, 0) is 22.9 Å². The molecular formula is C58H49BNNiP+. The van der Waals surface area contributed by atoms with E-state index in [4.69, 9.17) is 0 Å². The molecule has 0 spiro atoms. The summed E-state index contributed by atoms with van der Waals surface area (Å²) in [5.41, 5.74) is 9.24. The molecule has 0 aliphatic heterocycles. The molecule has 0 saturated carbocycles. The first-order valence-electron chi connectivity index (χ1n) is 21.2. The van der Waals surface area contributed by atoms with Gasteiger partial charge < -0.3 is 0 Å². The van der Waals surface area contributed by atoms with Gasteiger partial charge in [0.2, 0.25) is 0 Å². The molecule has 1 aliphatic rings. The van der Waals surface area contributed by atoms with Crippen molar-refractivity contribution in [3.05, 3.63) is 297 Å². The molecule has 1 aliphatic carbocycles. The number of fused-ring (bicyclic) bond motifs is 1. The van der Waals surface area contributed by atoms with E-state index in [-0.39, 0.29) is 16.5 Å². The minimum atomic E-state index is -1.22. The largest absolute Gasteiger partial charge is 2.00 e. The van der Waals surface area contributed by atoms with E-state index in [0.29, 0.717) is 0 Å². The fourth-order valence-corrected chi connectivity index (χ4v) is 10.8. The maximum atomic E-state index is 4.36. The number of hydrogen-bond donors (Lipinski definition) is 0. The van der Waals surface area contributed by atoms with Crippen LogP contribution in [0.15, 0.2) is 261 Å². The fourth-order valence-electron chi connectivity index (χ4n) is 8.54. The van der Waals surface area contributed by atoms with E-state index in [0.717, 1.165) is 18.5 Å². The number of pyridine rings is 1. The van der Waals surface area contributed by atoms with Gasteiger partial charge in [0.25, 0.3) is 0 Å². The molecule has 9 aromatic rings. The molecule has 1 heterocycles. The first kappa shape index (κ1) is 44.0. The first-order valence-corrected chi connectivity index (χ1v) is 22.5. The predicted octanol–water partition coefficient (Wildman–Crippen LogP) is 9.91. The number of hydrogen-bond acceptors (Lipinski definition) is 1.